The van der Waals surface area contributed by atoms with Gasteiger partial charge in [0.05, 0.1) is 0 Å². The van der Waals surface area contributed by atoms with Crippen LogP contribution in [0.4, 0.5) is 4.39 Å². The zero-order valence-electron chi connectivity index (χ0n) is 11.8. The van der Waals surface area contributed by atoms with Gasteiger partial charge in [0.15, 0.2) is 0 Å². The number of nitrogens with zero attached hydrogens (tertiary/aromatic N) is 1. The van der Waals surface area contributed by atoms with E-state index in [9.17, 15) is 12.8 Å². The van der Waals surface area contributed by atoms with Crippen LogP contribution in [0, 0.1) is 18.7 Å². The van der Waals surface area contributed by atoms with Gasteiger partial charge in [-0.25, -0.2) is 12.8 Å². The Hall–Kier alpha value is -0.980. The van der Waals surface area contributed by atoms with Gasteiger partial charge < -0.3 is 5.73 Å². The second-order valence-electron chi connectivity index (χ2n) is 5.47. The average Bonchev–Trinajstić information content (AvgIpc) is 2.75. The number of rotatable bonds is 4. The Labute approximate surface area is 119 Å². The monoisotopic (exact) mass is 300 g/mol. The van der Waals surface area contributed by atoms with Crippen LogP contribution in [-0.2, 0) is 10.0 Å². The second kappa shape index (κ2) is 5.79. The molecule has 1 aromatic carbocycles. The van der Waals surface area contributed by atoms with Crippen molar-refractivity contribution in [3.63, 3.8) is 0 Å². The fourth-order valence-electron chi connectivity index (χ4n) is 2.68. The molecule has 0 saturated carbocycles. The average molecular weight is 300 g/mol. The third-order valence-electron chi connectivity index (χ3n) is 3.82. The summed E-state index contributed by atoms with van der Waals surface area (Å²) in [6.45, 7) is 4.43. The maximum atomic E-state index is 13.8. The minimum absolute atomic E-state index is 0.155. The van der Waals surface area contributed by atoms with Crippen LogP contribution in [0.15, 0.2) is 23.1 Å². The summed E-state index contributed by atoms with van der Waals surface area (Å²) in [5.74, 6) is -0.550. The van der Waals surface area contributed by atoms with Gasteiger partial charge in [-0.1, -0.05) is 19.4 Å². The number of sulfonamides is 1. The van der Waals surface area contributed by atoms with E-state index in [4.69, 9.17) is 5.73 Å². The van der Waals surface area contributed by atoms with Crippen LogP contribution in [0.3, 0.4) is 0 Å². The van der Waals surface area contributed by atoms with Crippen molar-refractivity contribution < 1.29 is 12.8 Å². The van der Waals surface area contributed by atoms with Crippen LogP contribution in [0.1, 0.15) is 25.3 Å². The van der Waals surface area contributed by atoms with Crippen LogP contribution < -0.4 is 5.73 Å². The van der Waals surface area contributed by atoms with Crippen molar-refractivity contribution in [3.05, 3.63) is 29.6 Å². The Kier molecular flexibility index (Phi) is 4.46. The zero-order valence-corrected chi connectivity index (χ0v) is 12.7. The molecule has 0 aliphatic carbocycles. The molecule has 0 spiro atoms. The molecule has 1 heterocycles. The van der Waals surface area contributed by atoms with Gasteiger partial charge in [0.25, 0.3) is 0 Å². The zero-order chi connectivity index (χ0) is 14.9. The van der Waals surface area contributed by atoms with Gasteiger partial charge in [0, 0.05) is 19.1 Å². The van der Waals surface area contributed by atoms with E-state index in [1.807, 2.05) is 6.92 Å². The number of halogens is 1. The molecule has 112 valence electrons. The van der Waals surface area contributed by atoms with Crippen LogP contribution in [0.5, 0.6) is 0 Å². The van der Waals surface area contributed by atoms with E-state index in [0.717, 1.165) is 18.4 Å². The van der Waals surface area contributed by atoms with Crippen LogP contribution in [0.25, 0.3) is 0 Å². The highest BCUT2D eigenvalue weighted by Gasteiger charge is 2.38. The molecule has 0 aromatic heterocycles. The van der Waals surface area contributed by atoms with Crippen molar-refractivity contribution in [1.29, 1.82) is 0 Å². The Morgan fingerprint density at radius 3 is 2.75 bits per heavy atom. The predicted octanol–water partition coefficient (Wildman–Crippen LogP) is 1.88. The molecule has 0 radical (unpaired) electrons. The van der Waals surface area contributed by atoms with Crippen molar-refractivity contribution in [2.45, 2.75) is 37.6 Å². The fourth-order valence-corrected chi connectivity index (χ4v) is 4.36. The maximum absolute atomic E-state index is 13.8. The van der Waals surface area contributed by atoms with E-state index in [2.05, 4.69) is 0 Å². The van der Waals surface area contributed by atoms with Gasteiger partial charge in [-0.2, -0.15) is 4.31 Å². The first kappa shape index (κ1) is 15.4. The van der Waals surface area contributed by atoms with Crippen molar-refractivity contribution in [2.75, 3.05) is 13.1 Å². The molecule has 6 heteroatoms. The maximum Gasteiger partial charge on any atom is 0.246 e. The van der Waals surface area contributed by atoms with E-state index in [0.29, 0.717) is 6.54 Å². The number of aryl methyl sites for hydroxylation is 1. The molecule has 20 heavy (non-hydrogen) atoms. The molecule has 1 aliphatic rings. The van der Waals surface area contributed by atoms with E-state index in [1.54, 1.807) is 13.0 Å². The van der Waals surface area contributed by atoms with Gasteiger partial charge in [-0.05, 0) is 37.0 Å². The SMILES string of the molecule is CCC[C@H]1CN(S(=O)(=O)c2cc(C)ccc2F)C[C@@H]1N. The highest BCUT2D eigenvalue weighted by Crippen LogP contribution is 2.28. The smallest absolute Gasteiger partial charge is 0.246 e. The number of hydrogen-bond acceptors (Lipinski definition) is 3. The molecule has 1 fully saturated rings. The molecule has 4 nitrogen and oxygen atoms in total. The summed E-state index contributed by atoms with van der Waals surface area (Å²) in [5.41, 5.74) is 6.72. The van der Waals surface area contributed by atoms with Gasteiger partial charge in [0.2, 0.25) is 10.0 Å². The van der Waals surface area contributed by atoms with Crippen molar-refractivity contribution in [3.8, 4) is 0 Å². The van der Waals surface area contributed by atoms with Gasteiger partial charge in [0.1, 0.15) is 10.7 Å². The Morgan fingerprint density at radius 1 is 1.40 bits per heavy atom. The number of benzene rings is 1. The van der Waals surface area contributed by atoms with E-state index in [1.165, 1.54) is 16.4 Å². The highest BCUT2D eigenvalue weighted by atomic mass is 32.2. The van der Waals surface area contributed by atoms with Gasteiger partial charge in [-0.3, -0.25) is 0 Å². The molecule has 1 aromatic rings. The standard InChI is InChI=1S/C14H21FN2O2S/c1-3-4-11-8-17(9-13(11)16)20(18,19)14-7-10(2)5-6-12(14)15/h5-7,11,13H,3-4,8-9,16H2,1-2H3/t11-,13-/m0/s1. The molecule has 0 amide bonds. The van der Waals surface area contributed by atoms with E-state index in [-0.39, 0.29) is 23.4 Å². The third-order valence-corrected chi connectivity index (χ3v) is 5.67. The van der Waals surface area contributed by atoms with E-state index >= 15 is 0 Å². The normalized spacial score (nSPS) is 24.2. The largest absolute Gasteiger partial charge is 0.326 e. The summed E-state index contributed by atoms with van der Waals surface area (Å²) in [6, 6.07) is 3.97. The third kappa shape index (κ3) is 2.87. The number of hydrogen-bond donors (Lipinski definition) is 1. The summed E-state index contributed by atoms with van der Waals surface area (Å²) in [4.78, 5) is -0.248. The van der Waals surface area contributed by atoms with Crippen LogP contribution in [-0.4, -0.2) is 31.9 Å². The van der Waals surface area contributed by atoms with Crippen molar-refractivity contribution in [1.82, 2.24) is 4.31 Å². The first-order chi connectivity index (χ1) is 9.36. The Bertz CT molecular complexity index is 589. The topological polar surface area (TPSA) is 63.4 Å². The molecule has 1 aliphatic heterocycles. The minimum atomic E-state index is -3.80. The van der Waals surface area contributed by atoms with Gasteiger partial charge >= 0.3 is 0 Å². The van der Waals surface area contributed by atoms with Crippen molar-refractivity contribution in [2.24, 2.45) is 11.7 Å². The first-order valence-corrected chi connectivity index (χ1v) is 8.32. The molecule has 1 saturated heterocycles. The number of nitrogens with two attached hydrogens (primary N) is 1. The summed E-state index contributed by atoms with van der Waals surface area (Å²) in [6.07, 6.45) is 1.86. The van der Waals surface area contributed by atoms with Crippen molar-refractivity contribution >= 4 is 10.0 Å². The second-order valence-corrected chi connectivity index (χ2v) is 7.37. The predicted molar refractivity (Wildman–Crippen MR) is 76.3 cm³/mol. The lowest BCUT2D eigenvalue weighted by Gasteiger charge is -2.17. The minimum Gasteiger partial charge on any atom is -0.326 e. The first-order valence-electron chi connectivity index (χ1n) is 6.88. The fraction of sp³-hybridized carbons (Fsp3) is 0.571. The molecular weight excluding hydrogens is 279 g/mol. The quantitative estimate of drug-likeness (QED) is 0.923. The lowest BCUT2D eigenvalue weighted by molar-refractivity contribution is 0.436. The molecule has 2 rings (SSSR count). The van der Waals surface area contributed by atoms with E-state index < -0.39 is 15.8 Å². The lowest BCUT2D eigenvalue weighted by Crippen LogP contribution is -2.32. The Balaban J connectivity index is 2.30. The summed E-state index contributed by atoms with van der Waals surface area (Å²) in [7, 11) is -3.80. The lowest BCUT2D eigenvalue weighted by atomic mass is 9.99. The van der Waals surface area contributed by atoms with Crippen LogP contribution in [0.2, 0.25) is 0 Å². The van der Waals surface area contributed by atoms with Gasteiger partial charge in [-0.15, -0.1) is 0 Å². The summed E-state index contributed by atoms with van der Waals surface area (Å²) in [5, 5.41) is 0. The molecule has 0 bridgehead atoms. The molecule has 2 atom stereocenters. The molecule has 0 unspecified atom stereocenters. The Morgan fingerprint density at radius 2 is 2.10 bits per heavy atom. The molecular formula is C14H21FN2O2S. The highest BCUT2D eigenvalue weighted by molar-refractivity contribution is 7.89. The molecule has 2 N–H and O–H groups in total. The summed E-state index contributed by atoms with van der Waals surface area (Å²) >= 11 is 0. The van der Waals surface area contributed by atoms with Crippen LogP contribution >= 0.6 is 0 Å². The summed E-state index contributed by atoms with van der Waals surface area (Å²) < 4.78 is 40.2.